The van der Waals surface area contributed by atoms with E-state index in [9.17, 15) is 4.79 Å². The summed E-state index contributed by atoms with van der Waals surface area (Å²) >= 11 is 0. The number of nitrogens with zero attached hydrogens (tertiary/aromatic N) is 2. The average molecular weight is 228 g/mol. The molecule has 1 aromatic rings. The van der Waals surface area contributed by atoms with Crippen molar-refractivity contribution in [1.29, 1.82) is 0 Å². The van der Waals surface area contributed by atoms with Gasteiger partial charge in [0.25, 0.3) is 0 Å². The molecule has 0 N–H and O–H groups in total. The Bertz CT molecular complexity index is 499. The fourth-order valence-electron chi connectivity index (χ4n) is 2.88. The van der Waals surface area contributed by atoms with Crippen molar-refractivity contribution in [3.63, 3.8) is 0 Å². The highest BCUT2D eigenvalue weighted by molar-refractivity contribution is 5.65. The molecule has 1 saturated carbocycles. The van der Waals surface area contributed by atoms with Gasteiger partial charge in [-0.25, -0.2) is 4.79 Å². The fraction of sp³-hybridized carbons (Fsp3) is 0.500. The second-order valence-electron chi connectivity index (χ2n) is 5.07. The molecule has 0 spiro atoms. The predicted octanol–water partition coefficient (Wildman–Crippen LogP) is 2.39. The molecular weight excluding hydrogens is 212 g/mol. The van der Waals surface area contributed by atoms with Gasteiger partial charge in [0.05, 0.1) is 0 Å². The molecule has 88 valence electrons. The van der Waals surface area contributed by atoms with Crippen molar-refractivity contribution in [2.24, 2.45) is 4.99 Å². The first-order valence-electron chi connectivity index (χ1n) is 6.19. The zero-order valence-electron chi connectivity index (χ0n) is 10.1. The van der Waals surface area contributed by atoms with E-state index >= 15 is 0 Å². The lowest BCUT2D eigenvalue weighted by atomic mass is 9.93. The number of fused-ring (bicyclic) bond motifs is 1. The molecule has 1 fully saturated rings. The minimum Gasteiger partial charge on any atom is -0.374 e. The van der Waals surface area contributed by atoms with Gasteiger partial charge in [-0.15, -0.1) is 0 Å². The van der Waals surface area contributed by atoms with Crippen molar-refractivity contribution >= 4 is 11.8 Å². The van der Waals surface area contributed by atoms with Crippen LogP contribution in [0.25, 0.3) is 0 Å². The zero-order valence-corrected chi connectivity index (χ0v) is 10.1. The van der Waals surface area contributed by atoms with Gasteiger partial charge in [0.2, 0.25) is 6.08 Å². The van der Waals surface area contributed by atoms with Crippen LogP contribution in [0.1, 0.15) is 30.4 Å². The van der Waals surface area contributed by atoms with Crippen LogP contribution in [0.5, 0.6) is 0 Å². The molecule has 0 unspecified atom stereocenters. The second kappa shape index (κ2) is 3.71. The summed E-state index contributed by atoms with van der Waals surface area (Å²) in [6.45, 7) is 1.09. The number of anilines is 1. The molecule has 3 rings (SSSR count). The number of aliphatic imine (C=N–C) groups is 1. The molecule has 0 atom stereocenters. The van der Waals surface area contributed by atoms with Gasteiger partial charge in [0.15, 0.2) is 0 Å². The minimum atomic E-state index is -0.251. The predicted molar refractivity (Wildman–Crippen MR) is 67.1 cm³/mol. The van der Waals surface area contributed by atoms with Gasteiger partial charge in [-0.2, -0.15) is 4.99 Å². The van der Waals surface area contributed by atoms with Crippen LogP contribution in [0.15, 0.2) is 23.2 Å². The first kappa shape index (κ1) is 10.5. The van der Waals surface area contributed by atoms with E-state index in [1.165, 1.54) is 23.2 Å². The van der Waals surface area contributed by atoms with E-state index in [1.54, 1.807) is 6.08 Å². The highest BCUT2D eigenvalue weighted by Crippen LogP contribution is 2.53. The molecule has 1 heterocycles. The largest absolute Gasteiger partial charge is 0.374 e. The number of isocyanates is 1. The van der Waals surface area contributed by atoms with E-state index in [-0.39, 0.29) is 5.54 Å². The van der Waals surface area contributed by atoms with Crippen LogP contribution < -0.4 is 4.90 Å². The van der Waals surface area contributed by atoms with Crippen molar-refractivity contribution < 1.29 is 4.79 Å². The maximum Gasteiger partial charge on any atom is 0.235 e. The summed E-state index contributed by atoms with van der Waals surface area (Å²) in [7, 11) is 2.13. The lowest BCUT2D eigenvalue weighted by molar-refractivity contribution is 0.556. The van der Waals surface area contributed by atoms with E-state index in [0.29, 0.717) is 0 Å². The molecule has 0 saturated heterocycles. The van der Waals surface area contributed by atoms with Crippen LogP contribution in [0.4, 0.5) is 5.69 Å². The van der Waals surface area contributed by atoms with E-state index in [1.807, 2.05) is 0 Å². The lowest BCUT2D eigenvalue weighted by Gasteiger charge is -2.31. The Hall–Kier alpha value is -1.60. The van der Waals surface area contributed by atoms with Gasteiger partial charge in [0.1, 0.15) is 5.54 Å². The maximum absolute atomic E-state index is 10.6. The Labute approximate surface area is 101 Å². The number of hydrogen-bond acceptors (Lipinski definition) is 3. The van der Waals surface area contributed by atoms with Gasteiger partial charge in [-0.3, -0.25) is 0 Å². The number of aryl methyl sites for hydroxylation is 1. The van der Waals surface area contributed by atoms with Gasteiger partial charge in [0, 0.05) is 24.8 Å². The van der Waals surface area contributed by atoms with Crippen molar-refractivity contribution in [3.05, 3.63) is 29.3 Å². The Morgan fingerprint density at radius 1 is 1.41 bits per heavy atom. The van der Waals surface area contributed by atoms with Crippen LogP contribution in [0.2, 0.25) is 0 Å². The average Bonchev–Trinajstić information content (AvgIpc) is 3.10. The number of para-hydroxylation sites is 1. The molecule has 1 aliphatic carbocycles. The second-order valence-corrected chi connectivity index (χ2v) is 5.07. The minimum absolute atomic E-state index is 0.251. The Balaban J connectivity index is 2.15. The van der Waals surface area contributed by atoms with Crippen LogP contribution in [-0.4, -0.2) is 19.7 Å². The quantitative estimate of drug-likeness (QED) is 0.575. The van der Waals surface area contributed by atoms with Gasteiger partial charge < -0.3 is 4.90 Å². The van der Waals surface area contributed by atoms with E-state index in [0.717, 1.165) is 25.8 Å². The molecule has 3 nitrogen and oxygen atoms in total. The summed E-state index contributed by atoms with van der Waals surface area (Å²) in [5.41, 5.74) is 3.66. The summed E-state index contributed by atoms with van der Waals surface area (Å²) in [6, 6.07) is 6.40. The number of benzene rings is 1. The van der Waals surface area contributed by atoms with Crippen LogP contribution in [0.3, 0.4) is 0 Å². The summed E-state index contributed by atoms with van der Waals surface area (Å²) in [6.07, 6.45) is 6.04. The lowest BCUT2D eigenvalue weighted by Crippen LogP contribution is -2.27. The van der Waals surface area contributed by atoms with Crippen molar-refractivity contribution in [1.82, 2.24) is 0 Å². The Morgan fingerprint density at radius 3 is 2.94 bits per heavy atom. The molecule has 0 radical (unpaired) electrons. The number of carbonyl (C=O) groups excluding carboxylic acids is 1. The molecule has 17 heavy (non-hydrogen) atoms. The molecule has 1 aromatic carbocycles. The molecular formula is C14H16N2O. The molecule has 3 heteroatoms. The van der Waals surface area contributed by atoms with E-state index < -0.39 is 0 Å². The zero-order chi connectivity index (χ0) is 11.9. The smallest absolute Gasteiger partial charge is 0.235 e. The molecule has 0 amide bonds. The van der Waals surface area contributed by atoms with Gasteiger partial charge in [-0.1, -0.05) is 18.2 Å². The topological polar surface area (TPSA) is 32.7 Å². The first-order chi connectivity index (χ1) is 8.27. The molecule has 0 bridgehead atoms. The van der Waals surface area contributed by atoms with Crippen molar-refractivity contribution in [2.45, 2.75) is 31.2 Å². The highest BCUT2D eigenvalue weighted by atomic mass is 16.1. The van der Waals surface area contributed by atoms with Crippen LogP contribution in [0, 0.1) is 0 Å². The first-order valence-corrected chi connectivity index (χ1v) is 6.19. The SMILES string of the molecule is CN1CCCc2cccc(C3(N=C=O)CC3)c21. The third-order valence-electron chi connectivity index (χ3n) is 3.93. The monoisotopic (exact) mass is 228 g/mol. The van der Waals surface area contributed by atoms with Crippen LogP contribution in [-0.2, 0) is 16.8 Å². The Kier molecular flexibility index (Phi) is 2.30. The number of rotatable bonds is 2. The van der Waals surface area contributed by atoms with Crippen molar-refractivity contribution in [3.8, 4) is 0 Å². The van der Waals surface area contributed by atoms with Gasteiger partial charge >= 0.3 is 0 Å². The van der Waals surface area contributed by atoms with Crippen molar-refractivity contribution in [2.75, 3.05) is 18.5 Å². The third-order valence-corrected chi connectivity index (χ3v) is 3.93. The third kappa shape index (κ3) is 1.58. The van der Waals surface area contributed by atoms with E-state index in [4.69, 9.17) is 0 Å². The van der Waals surface area contributed by atoms with E-state index in [2.05, 4.69) is 35.1 Å². The summed E-state index contributed by atoms with van der Waals surface area (Å²) in [4.78, 5) is 16.9. The summed E-state index contributed by atoms with van der Waals surface area (Å²) in [5, 5.41) is 0. The molecule has 1 aliphatic heterocycles. The summed E-state index contributed by atoms with van der Waals surface area (Å²) < 4.78 is 0. The maximum atomic E-state index is 10.6. The van der Waals surface area contributed by atoms with Gasteiger partial charge in [-0.05, 0) is 31.2 Å². The molecule has 0 aromatic heterocycles. The normalized spacial score (nSPS) is 20.4. The molecule has 2 aliphatic rings. The Morgan fingerprint density at radius 2 is 2.24 bits per heavy atom. The standard InChI is InChI=1S/C14H16N2O/c1-16-9-3-5-11-4-2-6-12(13(11)16)14(7-8-14)15-10-17/h2,4,6H,3,5,7-9H2,1H3. The number of hydrogen-bond donors (Lipinski definition) is 0. The summed E-state index contributed by atoms with van der Waals surface area (Å²) in [5.74, 6) is 0. The fourth-order valence-corrected chi connectivity index (χ4v) is 2.88. The highest BCUT2D eigenvalue weighted by Gasteiger charge is 2.47. The van der Waals surface area contributed by atoms with Crippen LogP contribution >= 0.6 is 0 Å².